The second-order valence-corrected chi connectivity index (χ2v) is 10.4. The van der Waals surface area contributed by atoms with Crippen molar-refractivity contribution in [2.45, 2.75) is 44.9 Å². The fourth-order valence-electron chi connectivity index (χ4n) is 5.48. The predicted octanol–water partition coefficient (Wildman–Crippen LogP) is 4.05. The van der Waals surface area contributed by atoms with Gasteiger partial charge in [-0.1, -0.05) is 59.8 Å². The summed E-state index contributed by atoms with van der Waals surface area (Å²) in [6.07, 6.45) is 6.87. The number of likely N-dealkylation sites (tertiary alicyclic amines) is 1. The zero-order valence-electron chi connectivity index (χ0n) is 23.3. The number of amidine groups is 1. The number of hydrogen-bond acceptors (Lipinski definition) is 7. The van der Waals surface area contributed by atoms with Crippen molar-refractivity contribution in [1.29, 1.82) is 0 Å². The first kappa shape index (κ1) is 28.0. The van der Waals surface area contributed by atoms with Crippen LogP contribution in [0.2, 0.25) is 0 Å². The summed E-state index contributed by atoms with van der Waals surface area (Å²) in [4.78, 5) is 11.4. The van der Waals surface area contributed by atoms with Gasteiger partial charge >= 0.3 is 0 Å². The number of nitrogens with zero attached hydrogens (tertiary/aromatic N) is 6. The Morgan fingerprint density at radius 2 is 1.80 bits per heavy atom. The Hall–Kier alpha value is -4.54. The van der Waals surface area contributed by atoms with E-state index >= 15 is 0 Å². The molecule has 2 aromatic carbocycles. The molecule has 0 radical (unpaired) electrons. The molecule has 41 heavy (non-hydrogen) atoms. The van der Waals surface area contributed by atoms with Crippen LogP contribution in [0.1, 0.15) is 54.2 Å². The molecule has 212 valence electrons. The van der Waals surface area contributed by atoms with E-state index in [0.717, 1.165) is 66.1 Å². The minimum absolute atomic E-state index is 0.0302. The number of piperidine rings is 1. The van der Waals surface area contributed by atoms with Crippen LogP contribution in [-0.4, -0.2) is 50.1 Å². The molecule has 1 atom stereocenters. The van der Waals surface area contributed by atoms with Gasteiger partial charge < -0.3 is 22.4 Å². The molecule has 5 rings (SSSR count). The number of oxime groups is 1. The largest absolute Gasteiger partial charge is 0.409 e. The van der Waals surface area contributed by atoms with Crippen molar-refractivity contribution in [2.24, 2.45) is 27.3 Å². The molecule has 7 N–H and O–H groups in total. The van der Waals surface area contributed by atoms with Crippen molar-refractivity contribution in [3.8, 4) is 22.4 Å². The molecule has 0 bridgehead atoms. The average molecular weight is 552 g/mol. The molecular weight excluding hydrogens is 514 g/mol. The van der Waals surface area contributed by atoms with Crippen molar-refractivity contribution in [3.05, 3.63) is 95.4 Å². The van der Waals surface area contributed by atoms with Gasteiger partial charge in [-0.2, -0.15) is 5.10 Å². The van der Waals surface area contributed by atoms with E-state index in [4.69, 9.17) is 27.4 Å². The van der Waals surface area contributed by atoms with Crippen LogP contribution in [0.5, 0.6) is 0 Å². The molecule has 1 aliphatic rings. The van der Waals surface area contributed by atoms with Crippen LogP contribution < -0.4 is 17.2 Å². The van der Waals surface area contributed by atoms with E-state index < -0.39 is 0 Å². The second-order valence-electron chi connectivity index (χ2n) is 10.4. The van der Waals surface area contributed by atoms with Gasteiger partial charge in [0.15, 0.2) is 5.84 Å². The Balaban J connectivity index is 1.28. The molecule has 1 aliphatic heterocycles. The number of aromatic nitrogens is 3. The summed E-state index contributed by atoms with van der Waals surface area (Å²) in [5.74, 6) is 0.0302. The fraction of sp³-hybridized carbons (Fsp3) is 0.290. The van der Waals surface area contributed by atoms with Gasteiger partial charge in [0.25, 0.3) is 0 Å². The lowest BCUT2D eigenvalue weighted by Gasteiger charge is -2.33. The van der Waals surface area contributed by atoms with Crippen LogP contribution in [-0.2, 0) is 13.1 Å². The maximum absolute atomic E-state index is 9.15. The third-order valence-electron chi connectivity index (χ3n) is 7.68. The van der Waals surface area contributed by atoms with E-state index in [-0.39, 0.29) is 11.9 Å². The number of benzene rings is 2. The van der Waals surface area contributed by atoms with Gasteiger partial charge in [-0.15, -0.1) is 0 Å². The van der Waals surface area contributed by atoms with Crippen molar-refractivity contribution >= 4 is 12.2 Å². The maximum atomic E-state index is 9.15. The van der Waals surface area contributed by atoms with Crippen LogP contribution in [0.4, 0.5) is 0 Å². The Morgan fingerprint density at radius 3 is 2.46 bits per heavy atom. The number of nitrogens with two attached hydrogens (primary N) is 3. The topological polar surface area (TPSA) is 157 Å². The highest BCUT2D eigenvalue weighted by Crippen LogP contribution is 2.32. The zero-order chi connectivity index (χ0) is 28.8. The standard InChI is InChI=1S/C31H37N9O/c1-21(33)28-17-37-40(29(28)18-35-20-32)26-11-13-39(14-12-26)19-22-7-9-24(10-8-22)30-27(23-5-3-2-4-6-23)15-25(16-36-30)31(34)38-41/h2-10,15-17,20-21,26,41H,11-14,18-19,33H2,1H3,(H2,32,35)(H2,34,38). The summed E-state index contributed by atoms with van der Waals surface area (Å²) < 4.78 is 2.11. The molecule has 10 heteroatoms. The smallest absolute Gasteiger partial charge is 0.171 e. The molecule has 2 aromatic heterocycles. The van der Waals surface area contributed by atoms with Crippen LogP contribution in [0.15, 0.2) is 83.2 Å². The van der Waals surface area contributed by atoms with E-state index in [9.17, 15) is 0 Å². The van der Waals surface area contributed by atoms with Crippen molar-refractivity contribution in [2.75, 3.05) is 13.1 Å². The lowest BCUT2D eigenvalue weighted by molar-refractivity contribution is 0.171. The Morgan fingerprint density at radius 1 is 1.07 bits per heavy atom. The fourth-order valence-corrected chi connectivity index (χ4v) is 5.48. The highest BCUT2D eigenvalue weighted by Gasteiger charge is 2.25. The van der Waals surface area contributed by atoms with Gasteiger partial charge in [0.2, 0.25) is 0 Å². The van der Waals surface area contributed by atoms with Gasteiger partial charge in [-0.05, 0) is 37.0 Å². The summed E-state index contributed by atoms with van der Waals surface area (Å²) >= 11 is 0. The van der Waals surface area contributed by atoms with E-state index in [1.54, 1.807) is 6.20 Å². The summed E-state index contributed by atoms with van der Waals surface area (Å²) in [5, 5.41) is 17.0. The monoisotopic (exact) mass is 551 g/mol. The number of rotatable bonds is 9. The van der Waals surface area contributed by atoms with E-state index in [2.05, 4.69) is 49.1 Å². The van der Waals surface area contributed by atoms with E-state index in [0.29, 0.717) is 18.2 Å². The third-order valence-corrected chi connectivity index (χ3v) is 7.68. The molecule has 1 fully saturated rings. The minimum Gasteiger partial charge on any atom is -0.409 e. The first-order chi connectivity index (χ1) is 20.0. The molecular formula is C31H37N9O. The molecule has 10 nitrogen and oxygen atoms in total. The Bertz CT molecular complexity index is 1500. The van der Waals surface area contributed by atoms with Crippen LogP contribution in [0, 0.1) is 0 Å². The van der Waals surface area contributed by atoms with Crippen molar-refractivity contribution in [3.63, 3.8) is 0 Å². The van der Waals surface area contributed by atoms with E-state index in [1.165, 1.54) is 11.9 Å². The van der Waals surface area contributed by atoms with Crippen LogP contribution >= 0.6 is 0 Å². The lowest BCUT2D eigenvalue weighted by atomic mass is 9.97. The van der Waals surface area contributed by atoms with Crippen LogP contribution in [0.3, 0.4) is 0 Å². The molecule has 1 saturated heterocycles. The number of aliphatic imine (C=N–C) groups is 1. The average Bonchev–Trinajstić information content (AvgIpc) is 3.45. The van der Waals surface area contributed by atoms with Crippen molar-refractivity contribution < 1.29 is 5.21 Å². The summed E-state index contributed by atoms with van der Waals surface area (Å²) in [5.41, 5.74) is 25.2. The maximum Gasteiger partial charge on any atom is 0.171 e. The summed E-state index contributed by atoms with van der Waals surface area (Å²) in [7, 11) is 0. The van der Waals surface area contributed by atoms with E-state index in [1.807, 2.05) is 49.5 Å². The second kappa shape index (κ2) is 12.8. The Kier molecular flexibility index (Phi) is 8.71. The first-order valence-electron chi connectivity index (χ1n) is 13.9. The predicted molar refractivity (Wildman–Crippen MR) is 162 cm³/mol. The highest BCUT2D eigenvalue weighted by molar-refractivity contribution is 5.99. The highest BCUT2D eigenvalue weighted by atomic mass is 16.4. The lowest BCUT2D eigenvalue weighted by Crippen LogP contribution is -2.35. The third kappa shape index (κ3) is 6.29. The van der Waals surface area contributed by atoms with Gasteiger partial charge in [0.05, 0.1) is 36.5 Å². The Labute approximate surface area is 240 Å². The molecule has 3 heterocycles. The normalized spacial score (nSPS) is 15.9. The molecule has 0 amide bonds. The van der Waals surface area contributed by atoms with Gasteiger partial charge in [0.1, 0.15) is 0 Å². The van der Waals surface area contributed by atoms with Gasteiger partial charge in [-0.25, -0.2) is 0 Å². The zero-order valence-corrected chi connectivity index (χ0v) is 23.3. The number of hydrogen-bond donors (Lipinski definition) is 4. The molecule has 4 aromatic rings. The van der Waals surface area contributed by atoms with Gasteiger partial charge in [0, 0.05) is 54.1 Å². The van der Waals surface area contributed by atoms with Crippen molar-refractivity contribution in [1.82, 2.24) is 19.7 Å². The molecule has 0 saturated carbocycles. The van der Waals surface area contributed by atoms with Gasteiger partial charge in [-0.3, -0.25) is 19.6 Å². The summed E-state index contributed by atoms with van der Waals surface area (Å²) in [6, 6.07) is 20.7. The molecule has 0 aliphatic carbocycles. The molecule has 0 spiro atoms. The summed E-state index contributed by atoms with van der Waals surface area (Å²) in [6.45, 7) is 5.30. The van der Waals surface area contributed by atoms with Crippen LogP contribution in [0.25, 0.3) is 22.4 Å². The first-order valence-corrected chi connectivity index (χ1v) is 13.9. The minimum atomic E-state index is -0.0980. The molecule has 1 unspecified atom stereocenters. The quantitative estimate of drug-likeness (QED) is 0.106. The number of pyridine rings is 1. The SMILES string of the molecule is CC(N)c1cnn(C2CCN(Cc3ccc(-c4ncc(/C(N)=N/O)cc4-c4ccccc4)cc3)CC2)c1CN=CN.